The molecule has 1 heterocycles. The molecule has 2 nitrogen and oxygen atoms in total. The van der Waals surface area contributed by atoms with Crippen LogP contribution in [0, 0.1) is 12.8 Å². The maximum atomic E-state index is 4.25. The highest BCUT2D eigenvalue weighted by atomic mass is 14.9. The number of nitrogens with zero attached hydrogens (tertiary/aromatic N) is 1. The highest BCUT2D eigenvalue weighted by molar-refractivity contribution is 5.41. The van der Waals surface area contributed by atoms with Crippen molar-refractivity contribution >= 4 is 5.69 Å². The average molecular weight is 192 g/mol. The van der Waals surface area contributed by atoms with Gasteiger partial charge in [-0.2, -0.15) is 0 Å². The first kappa shape index (κ1) is 11.0. The summed E-state index contributed by atoms with van der Waals surface area (Å²) >= 11 is 0. The Hall–Kier alpha value is -1.05. The van der Waals surface area contributed by atoms with E-state index < -0.39 is 0 Å². The topological polar surface area (TPSA) is 24.9 Å². The summed E-state index contributed by atoms with van der Waals surface area (Å²) in [6.45, 7) is 8.69. The number of anilines is 1. The standard InChI is InChI=1S/C12H20N2/c1-9(2)7-11(4)14-12-6-5-10(3)13-8-12/h5-6,8-9,11,14H,7H2,1-4H3/t11-/m1/s1. The molecule has 1 aromatic heterocycles. The highest BCUT2D eigenvalue weighted by Gasteiger charge is 2.04. The molecular formula is C12H20N2. The van der Waals surface area contributed by atoms with Crippen LogP contribution in [0.4, 0.5) is 5.69 Å². The monoisotopic (exact) mass is 192 g/mol. The summed E-state index contributed by atoms with van der Waals surface area (Å²) in [7, 11) is 0. The Bertz CT molecular complexity index is 264. The van der Waals surface area contributed by atoms with Crippen molar-refractivity contribution in [3.63, 3.8) is 0 Å². The summed E-state index contributed by atoms with van der Waals surface area (Å²) in [5.74, 6) is 0.732. The Morgan fingerprint density at radius 3 is 2.50 bits per heavy atom. The van der Waals surface area contributed by atoms with Crippen LogP contribution in [-0.4, -0.2) is 11.0 Å². The van der Waals surface area contributed by atoms with Gasteiger partial charge >= 0.3 is 0 Å². The highest BCUT2D eigenvalue weighted by Crippen LogP contribution is 2.11. The quantitative estimate of drug-likeness (QED) is 0.792. The van der Waals surface area contributed by atoms with Crippen LogP contribution in [0.25, 0.3) is 0 Å². The average Bonchev–Trinajstić information content (AvgIpc) is 2.07. The van der Waals surface area contributed by atoms with E-state index in [1.807, 2.05) is 19.2 Å². The van der Waals surface area contributed by atoms with Gasteiger partial charge in [-0.25, -0.2) is 0 Å². The van der Waals surface area contributed by atoms with Gasteiger partial charge in [0.1, 0.15) is 0 Å². The Morgan fingerprint density at radius 2 is 2.00 bits per heavy atom. The molecule has 0 unspecified atom stereocenters. The van der Waals surface area contributed by atoms with Crippen LogP contribution in [0.5, 0.6) is 0 Å². The zero-order valence-corrected chi connectivity index (χ0v) is 9.54. The summed E-state index contributed by atoms with van der Waals surface area (Å²) in [6, 6.07) is 4.63. The van der Waals surface area contributed by atoms with Crippen molar-refractivity contribution in [2.45, 2.75) is 40.2 Å². The van der Waals surface area contributed by atoms with E-state index in [4.69, 9.17) is 0 Å². The predicted octanol–water partition coefficient (Wildman–Crippen LogP) is 3.24. The summed E-state index contributed by atoms with van der Waals surface area (Å²) in [5, 5.41) is 3.44. The lowest BCUT2D eigenvalue weighted by atomic mass is 10.1. The number of aryl methyl sites for hydroxylation is 1. The molecule has 1 atom stereocenters. The van der Waals surface area contributed by atoms with Gasteiger partial charge in [-0.15, -0.1) is 0 Å². The van der Waals surface area contributed by atoms with Crippen LogP contribution >= 0.6 is 0 Å². The molecule has 0 amide bonds. The minimum Gasteiger partial charge on any atom is -0.381 e. The van der Waals surface area contributed by atoms with E-state index in [-0.39, 0.29) is 0 Å². The lowest BCUT2D eigenvalue weighted by Crippen LogP contribution is -2.17. The van der Waals surface area contributed by atoms with Gasteiger partial charge in [0.2, 0.25) is 0 Å². The van der Waals surface area contributed by atoms with Crippen LogP contribution < -0.4 is 5.32 Å². The van der Waals surface area contributed by atoms with Crippen LogP contribution in [0.15, 0.2) is 18.3 Å². The van der Waals surface area contributed by atoms with Gasteiger partial charge in [0.05, 0.1) is 11.9 Å². The molecule has 0 radical (unpaired) electrons. The van der Waals surface area contributed by atoms with Crippen molar-refractivity contribution in [1.82, 2.24) is 4.98 Å². The van der Waals surface area contributed by atoms with Crippen molar-refractivity contribution in [3.05, 3.63) is 24.0 Å². The van der Waals surface area contributed by atoms with E-state index in [9.17, 15) is 0 Å². The second-order valence-electron chi connectivity index (χ2n) is 4.36. The SMILES string of the molecule is Cc1ccc(N[C@H](C)CC(C)C)cn1. The molecule has 0 spiro atoms. The maximum absolute atomic E-state index is 4.25. The van der Waals surface area contributed by atoms with Crippen LogP contribution in [0.1, 0.15) is 32.9 Å². The Labute approximate surface area is 86.8 Å². The van der Waals surface area contributed by atoms with Crippen LogP contribution in [0.2, 0.25) is 0 Å². The zero-order chi connectivity index (χ0) is 10.6. The third-order valence-electron chi connectivity index (χ3n) is 2.15. The van der Waals surface area contributed by atoms with E-state index in [1.54, 1.807) is 0 Å². The number of hydrogen-bond donors (Lipinski definition) is 1. The first-order chi connectivity index (χ1) is 6.58. The van der Waals surface area contributed by atoms with Crippen molar-refractivity contribution in [3.8, 4) is 0 Å². The van der Waals surface area contributed by atoms with Crippen molar-refractivity contribution in [1.29, 1.82) is 0 Å². The summed E-state index contributed by atoms with van der Waals surface area (Å²) in [5.41, 5.74) is 2.18. The molecule has 14 heavy (non-hydrogen) atoms. The fourth-order valence-electron chi connectivity index (χ4n) is 1.60. The molecule has 0 fully saturated rings. The molecule has 0 saturated heterocycles. The number of nitrogens with one attached hydrogen (secondary N) is 1. The lowest BCUT2D eigenvalue weighted by molar-refractivity contribution is 0.539. The molecule has 0 aliphatic heterocycles. The molecular weight excluding hydrogens is 172 g/mol. The number of hydrogen-bond acceptors (Lipinski definition) is 2. The fraction of sp³-hybridized carbons (Fsp3) is 0.583. The van der Waals surface area contributed by atoms with Gasteiger partial charge in [0.25, 0.3) is 0 Å². The van der Waals surface area contributed by atoms with Gasteiger partial charge in [-0.3, -0.25) is 4.98 Å². The van der Waals surface area contributed by atoms with Gasteiger partial charge in [-0.05, 0) is 38.3 Å². The lowest BCUT2D eigenvalue weighted by Gasteiger charge is -2.16. The normalized spacial score (nSPS) is 12.9. The van der Waals surface area contributed by atoms with Crippen molar-refractivity contribution in [2.24, 2.45) is 5.92 Å². The minimum atomic E-state index is 0.513. The molecule has 0 bridgehead atoms. The van der Waals surface area contributed by atoms with Gasteiger partial charge in [0.15, 0.2) is 0 Å². The van der Waals surface area contributed by atoms with Crippen LogP contribution in [0.3, 0.4) is 0 Å². The van der Waals surface area contributed by atoms with E-state index in [0.29, 0.717) is 6.04 Å². The minimum absolute atomic E-state index is 0.513. The molecule has 0 aliphatic carbocycles. The van der Waals surface area contributed by atoms with Crippen molar-refractivity contribution < 1.29 is 0 Å². The molecule has 0 aromatic carbocycles. The van der Waals surface area contributed by atoms with E-state index in [0.717, 1.165) is 17.3 Å². The maximum Gasteiger partial charge on any atom is 0.0528 e. The van der Waals surface area contributed by atoms with E-state index in [1.165, 1.54) is 6.42 Å². The van der Waals surface area contributed by atoms with Crippen molar-refractivity contribution in [2.75, 3.05) is 5.32 Å². The molecule has 2 heteroatoms. The molecule has 1 rings (SSSR count). The fourth-order valence-corrected chi connectivity index (χ4v) is 1.60. The number of rotatable bonds is 4. The summed E-state index contributed by atoms with van der Waals surface area (Å²) < 4.78 is 0. The molecule has 0 aliphatic rings. The third kappa shape index (κ3) is 3.77. The first-order valence-electron chi connectivity index (χ1n) is 5.27. The Kier molecular flexibility index (Phi) is 3.93. The van der Waals surface area contributed by atoms with E-state index in [2.05, 4.69) is 37.1 Å². The number of aromatic nitrogens is 1. The van der Waals surface area contributed by atoms with Gasteiger partial charge in [0, 0.05) is 11.7 Å². The zero-order valence-electron chi connectivity index (χ0n) is 9.54. The molecule has 1 aromatic rings. The second kappa shape index (κ2) is 4.99. The summed E-state index contributed by atoms with van der Waals surface area (Å²) in [6.07, 6.45) is 3.08. The predicted molar refractivity (Wildman–Crippen MR) is 61.5 cm³/mol. The summed E-state index contributed by atoms with van der Waals surface area (Å²) in [4.78, 5) is 4.25. The Morgan fingerprint density at radius 1 is 1.29 bits per heavy atom. The molecule has 78 valence electrons. The number of pyridine rings is 1. The second-order valence-corrected chi connectivity index (χ2v) is 4.36. The molecule has 1 N–H and O–H groups in total. The van der Waals surface area contributed by atoms with E-state index >= 15 is 0 Å². The smallest absolute Gasteiger partial charge is 0.0528 e. The van der Waals surface area contributed by atoms with Crippen LogP contribution in [-0.2, 0) is 0 Å². The largest absolute Gasteiger partial charge is 0.381 e. The third-order valence-corrected chi connectivity index (χ3v) is 2.15. The molecule has 0 saturated carbocycles. The first-order valence-corrected chi connectivity index (χ1v) is 5.27. The van der Waals surface area contributed by atoms with Gasteiger partial charge < -0.3 is 5.32 Å². The van der Waals surface area contributed by atoms with Gasteiger partial charge in [-0.1, -0.05) is 13.8 Å². The Balaban J connectivity index is 2.47.